The molecule has 0 bridgehead atoms. The van der Waals surface area contributed by atoms with Crippen LogP contribution in [0.3, 0.4) is 0 Å². The lowest BCUT2D eigenvalue weighted by molar-refractivity contribution is 0.106. The van der Waals surface area contributed by atoms with E-state index in [1.54, 1.807) is 26.3 Å². The number of aliphatic imine (C=N–C) groups is 1. The molecule has 2 aromatic rings. The zero-order valence-electron chi connectivity index (χ0n) is 16.3. The van der Waals surface area contributed by atoms with Gasteiger partial charge in [-0.25, -0.2) is 4.39 Å². The van der Waals surface area contributed by atoms with Crippen molar-refractivity contribution in [3.8, 4) is 0 Å². The van der Waals surface area contributed by atoms with Gasteiger partial charge in [-0.05, 0) is 36.2 Å². The van der Waals surface area contributed by atoms with Crippen molar-refractivity contribution < 1.29 is 9.13 Å². The van der Waals surface area contributed by atoms with Gasteiger partial charge in [-0.15, -0.1) is 24.0 Å². The van der Waals surface area contributed by atoms with Gasteiger partial charge in [0, 0.05) is 45.5 Å². The SMILES string of the molecule is CN=C(NCC(OC)c1ccc(F)cc1)NC1CCN(c2ccccc2)C1.I. The van der Waals surface area contributed by atoms with Gasteiger partial charge in [0.05, 0.1) is 6.10 Å². The van der Waals surface area contributed by atoms with Crippen molar-refractivity contribution in [2.24, 2.45) is 4.99 Å². The lowest BCUT2D eigenvalue weighted by Gasteiger charge is -2.22. The van der Waals surface area contributed by atoms with E-state index in [-0.39, 0.29) is 35.9 Å². The fraction of sp³-hybridized carbons (Fsp3) is 0.381. The van der Waals surface area contributed by atoms with E-state index in [4.69, 9.17) is 4.74 Å². The smallest absolute Gasteiger partial charge is 0.191 e. The Morgan fingerprint density at radius 1 is 1.21 bits per heavy atom. The van der Waals surface area contributed by atoms with Gasteiger partial charge in [0.2, 0.25) is 0 Å². The van der Waals surface area contributed by atoms with Crippen molar-refractivity contribution >= 4 is 35.6 Å². The molecule has 5 nitrogen and oxygen atoms in total. The average molecular weight is 498 g/mol. The molecule has 1 saturated heterocycles. The lowest BCUT2D eigenvalue weighted by atomic mass is 10.1. The van der Waals surface area contributed by atoms with Gasteiger partial charge in [-0.2, -0.15) is 0 Å². The standard InChI is InChI=1S/C21H27FN4O.HI/c1-23-21(24-14-20(27-2)16-8-10-17(22)11-9-16)25-18-12-13-26(15-18)19-6-4-3-5-7-19;/h3-11,18,20H,12-15H2,1-2H3,(H2,23,24,25);1H. The van der Waals surface area contributed by atoms with Crippen LogP contribution in [0.1, 0.15) is 18.1 Å². The Balaban J connectivity index is 0.00000280. The van der Waals surface area contributed by atoms with Crippen molar-refractivity contribution in [3.63, 3.8) is 0 Å². The Kier molecular flexibility index (Phi) is 8.98. The topological polar surface area (TPSA) is 48.9 Å². The number of rotatable bonds is 6. The molecule has 1 aliphatic heterocycles. The number of hydrogen-bond donors (Lipinski definition) is 2. The molecule has 2 atom stereocenters. The molecule has 0 aromatic heterocycles. The second kappa shape index (κ2) is 11.2. The molecule has 0 amide bonds. The number of para-hydroxylation sites is 1. The first-order valence-electron chi connectivity index (χ1n) is 9.25. The summed E-state index contributed by atoms with van der Waals surface area (Å²) < 4.78 is 18.7. The summed E-state index contributed by atoms with van der Waals surface area (Å²) in [6.45, 7) is 2.52. The zero-order chi connectivity index (χ0) is 19.1. The van der Waals surface area contributed by atoms with Crippen molar-refractivity contribution in [2.45, 2.75) is 18.6 Å². The van der Waals surface area contributed by atoms with Gasteiger partial charge < -0.3 is 20.3 Å². The van der Waals surface area contributed by atoms with Gasteiger partial charge in [-0.3, -0.25) is 4.99 Å². The van der Waals surface area contributed by atoms with Crippen LogP contribution in [0.4, 0.5) is 10.1 Å². The second-order valence-corrected chi connectivity index (χ2v) is 6.64. The molecule has 0 aliphatic carbocycles. The number of hydrogen-bond acceptors (Lipinski definition) is 3. The minimum Gasteiger partial charge on any atom is -0.375 e. The molecule has 3 rings (SSSR count). The summed E-state index contributed by atoms with van der Waals surface area (Å²) >= 11 is 0. The quantitative estimate of drug-likeness (QED) is 0.363. The van der Waals surface area contributed by atoms with Crippen LogP contribution < -0.4 is 15.5 Å². The zero-order valence-corrected chi connectivity index (χ0v) is 18.6. The van der Waals surface area contributed by atoms with Crippen LogP contribution >= 0.6 is 24.0 Å². The molecular formula is C21H28FIN4O. The molecule has 28 heavy (non-hydrogen) atoms. The van der Waals surface area contributed by atoms with E-state index >= 15 is 0 Å². The van der Waals surface area contributed by atoms with E-state index in [1.165, 1.54) is 17.8 Å². The highest BCUT2D eigenvalue weighted by molar-refractivity contribution is 14.0. The van der Waals surface area contributed by atoms with E-state index < -0.39 is 0 Å². The molecule has 7 heteroatoms. The van der Waals surface area contributed by atoms with E-state index in [9.17, 15) is 4.39 Å². The number of ether oxygens (including phenoxy) is 1. The minimum atomic E-state index is -0.247. The van der Waals surface area contributed by atoms with Crippen molar-refractivity contribution in [3.05, 3.63) is 66.0 Å². The first-order valence-corrected chi connectivity index (χ1v) is 9.25. The summed E-state index contributed by atoms with van der Waals surface area (Å²) in [5, 5.41) is 6.80. The van der Waals surface area contributed by atoms with Crippen molar-refractivity contribution in [1.29, 1.82) is 0 Å². The number of methoxy groups -OCH3 is 1. The summed E-state index contributed by atoms with van der Waals surface area (Å²) in [6, 6.07) is 17.2. The van der Waals surface area contributed by atoms with E-state index in [0.29, 0.717) is 12.6 Å². The third-order valence-corrected chi connectivity index (χ3v) is 4.86. The molecule has 1 fully saturated rings. The van der Waals surface area contributed by atoms with Gasteiger partial charge in [0.15, 0.2) is 5.96 Å². The van der Waals surface area contributed by atoms with Crippen LogP contribution in [0.5, 0.6) is 0 Å². The number of halogens is 2. The Bertz CT molecular complexity index is 742. The largest absolute Gasteiger partial charge is 0.375 e. The predicted molar refractivity (Wildman–Crippen MR) is 123 cm³/mol. The summed E-state index contributed by atoms with van der Waals surface area (Å²) in [6.07, 6.45) is 0.884. The molecule has 0 saturated carbocycles. The van der Waals surface area contributed by atoms with Crippen LogP contribution in [0.2, 0.25) is 0 Å². The third kappa shape index (κ3) is 6.07. The minimum absolute atomic E-state index is 0. The molecule has 0 spiro atoms. The maximum absolute atomic E-state index is 13.1. The van der Waals surface area contributed by atoms with Crippen molar-refractivity contribution in [1.82, 2.24) is 10.6 Å². The fourth-order valence-electron chi connectivity index (χ4n) is 3.34. The maximum Gasteiger partial charge on any atom is 0.191 e. The summed E-state index contributed by atoms with van der Waals surface area (Å²) in [5.74, 6) is 0.502. The van der Waals surface area contributed by atoms with Crippen LogP contribution in [0.15, 0.2) is 59.6 Å². The highest BCUT2D eigenvalue weighted by Gasteiger charge is 2.23. The Labute approximate surface area is 183 Å². The Hall–Kier alpha value is -1.87. The fourth-order valence-corrected chi connectivity index (χ4v) is 3.34. The number of anilines is 1. The molecule has 0 radical (unpaired) electrons. The van der Waals surface area contributed by atoms with E-state index in [1.807, 2.05) is 6.07 Å². The van der Waals surface area contributed by atoms with Gasteiger partial charge >= 0.3 is 0 Å². The Morgan fingerprint density at radius 2 is 1.93 bits per heavy atom. The lowest BCUT2D eigenvalue weighted by Crippen LogP contribution is -2.45. The molecule has 2 aromatic carbocycles. The van der Waals surface area contributed by atoms with Gasteiger partial charge in [0.25, 0.3) is 0 Å². The van der Waals surface area contributed by atoms with E-state index in [0.717, 1.165) is 31.0 Å². The number of guanidine groups is 1. The summed E-state index contributed by atoms with van der Waals surface area (Å²) in [4.78, 5) is 6.70. The highest BCUT2D eigenvalue weighted by Crippen LogP contribution is 2.20. The van der Waals surface area contributed by atoms with Crippen LogP contribution in [-0.4, -0.2) is 45.8 Å². The monoisotopic (exact) mass is 498 g/mol. The second-order valence-electron chi connectivity index (χ2n) is 6.64. The van der Waals surface area contributed by atoms with Gasteiger partial charge in [0.1, 0.15) is 5.82 Å². The van der Waals surface area contributed by atoms with Crippen LogP contribution in [0.25, 0.3) is 0 Å². The molecule has 152 valence electrons. The normalized spacial score (nSPS) is 17.8. The first-order chi connectivity index (χ1) is 13.2. The van der Waals surface area contributed by atoms with Gasteiger partial charge in [-0.1, -0.05) is 30.3 Å². The molecular weight excluding hydrogens is 470 g/mol. The number of benzene rings is 2. The summed E-state index contributed by atoms with van der Waals surface area (Å²) in [7, 11) is 3.42. The third-order valence-electron chi connectivity index (χ3n) is 4.86. The van der Waals surface area contributed by atoms with Crippen LogP contribution in [0, 0.1) is 5.82 Å². The first kappa shape index (κ1) is 22.4. The van der Waals surface area contributed by atoms with Crippen LogP contribution in [-0.2, 0) is 4.74 Å². The number of nitrogens with one attached hydrogen (secondary N) is 2. The highest BCUT2D eigenvalue weighted by atomic mass is 127. The average Bonchev–Trinajstić information content (AvgIpc) is 3.18. The molecule has 2 N–H and O–H groups in total. The Morgan fingerprint density at radius 3 is 2.57 bits per heavy atom. The predicted octanol–water partition coefficient (Wildman–Crippen LogP) is 3.58. The van der Waals surface area contributed by atoms with Crippen molar-refractivity contribution in [2.75, 3.05) is 38.7 Å². The molecule has 1 aliphatic rings. The maximum atomic E-state index is 13.1. The summed E-state index contributed by atoms with van der Waals surface area (Å²) in [5.41, 5.74) is 2.18. The molecule has 1 heterocycles. The van der Waals surface area contributed by atoms with E-state index in [2.05, 4.69) is 44.8 Å². The molecule has 2 unspecified atom stereocenters. The number of nitrogens with zero attached hydrogens (tertiary/aromatic N) is 2.